The molecule has 0 heterocycles. The molecule has 0 atom stereocenters. The van der Waals surface area contributed by atoms with Gasteiger partial charge in [0.15, 0.2) is 0 Å². The first-order valence-corrected chi connectivity index (χ1v) is 6.91. The first-order chi connectivity index (χ1) is 10.6. The molecule has 0 saturated carbocycles. The Bertz CT molecular complexity index is 665. The summed E-state index contributed by atoms with van der Waals surface area (Å²) in [4.78, 5) is 23.3. The first kappa shape index (κ1) is 15.6. The zero-order valence-corrected chi connectivity index (χ0v) is 12.5. The average molecular weight is 299 g/mol. The maximum Gasteiger partial charge on any atom is 0.513 e. The number of hydrogen-bond acceptors (Lipinski definition) is 4. The Balaban J connectivity index is 1.99. The Labute approximate surface area is 128 Å². The third-order valence-electron chi connectivity index (χ3n) is 2.86. The normalized spacial score (nSPS) is 9.91. The highest BCUT2D eigenvalue weighted by Crippen LogP contribution is 2.17. The number of benzene rings is 2. The summed E-state index contributed by atoms with van der Waals surface area (Å²) in [6.07, 6.45) is -0.751. The lowest BCUT2D eigenvalue weighted by Gasteiger charge is -2.07. The van der Waals surface area contributed by atoms with Gasteiger partial charge >= 0.3 is 6.16 Å². The minimum atomic E-state index is -0.751. The minimum absolute atomic E-state index is 0.192. The fourth-order valence-electron chi connectivity index (χ4n) is 1.84. The number of hydrogen-bond donors (Lipinski definition) is 1. The van der Waals surface area contributed by atoms with Crippen molar-refractivity contribution in [3.8, 4) is 5.75 Å². The van der Waals surface area contributed by atoms with Gasteiger partial charge in [-0.25, -0.2) is 4.79 Å². The summed E-state index contributed by atoms with van der Waals surface area (Å²) in [6.45, 7) is 3.88. The molecule has 0 fully saturated rings. The number of ether oxygens (including phenoxy) is 2. The zero-order valence-electron chi connectivity index (χ0n) is 12.5. The quantitative estimate of drug-likeness (QED) is 0.689. The van der Waals surface area contributed by atoms with Gasteiger partial charge in [0.1, 0.15) is 5.75 Å². The topological polar surface area (TPSA) is 64.6 Å². The lowest BCUT2D eigenvalue weighted by atomic mass is 10.1. The lowest BCUT2D eigenvalue weighted by Crippen LogP contribution is -2.12. The molecule has 5 nitrogen and oxygen atoms in total. The van der Waals surface area contributed by atoms with Gasteiger partial charge in [0.25, 0.3) is 5.91 Å². The molecule has 1 N–H and O–H groups in total. The summed E-state index contributed by atoms with van der Waals surface area (Å²) in [7, 11) is 0. The van der Waals surface area contributed by atoms with E-state index in [-0.39, 0.29) is 12.5 Å². The highest BCUT2D eigenvalue weighted by molar-refractivity contribution is 6.04. The number of nitrogens with one attached hydrogen (secondary N) is 1. The summed E-state index contributed by atoms with van der Waals surface area (Å²) in [5.41, 5.74) is 2.22. The average Bonchev–Trinajstić information content (AvgIpc) is 2.49. The molecular weight excluding hydrogens is 282 g/mol. The predicted octanol–water partition coefficient (Wildman–Crippen LogP) is 3.78. The van der Waals surface area contributed by atoms with Crippen molar-refractivity contribution in [2.45, 2.75) is 13.8 Å². The Morgan fingerprint density at radius 2 is 1.82 bits per heavy atom. The van der Waals surface area contributed by atoms with E-state index in [1.165, 1.54) is 0 Å². The molecule has 0 unspecified atom stereocenters. The molecule has 114 valence electrons. The second kappa shape index (κ2) is 7.26. The SMILES string of the molecule is CCOC(=O)Oc1ccc(NC(=O)c2cccc(C)c2)cc1. The standard InChI is InChI=1S/C17H17NO4/c1-3-21-17(20)22-15-9-7-14(8-10-15)18-16(19)13-6-4-5-12(2)11-13/h4-11H,3H2,1-2H3,(H,18,19). The second-order valence-electron chi connectivity index (χ2n) is 4.63. The van der Waals surface area contributed by atoms with Crippen molar-refractivity contribution in [1.29, 1.82) is 0 Å². The van der Waals surface area contributed by atoms with Crippen LogP contribution in [0.1, 0.15) is 22.8 Å². The van der Waals surface area contributed by atoms with Crippen LogP contribution >= 0.6 is 0 Å². The van der Waals surface area contributed by atoms with Gasteiger partial charge in [-0.15, -0.1) is 0 Å². The molecule has 0 spiro atoms. The van der Waals surface area contributed by atoms with E-state index in [4.69, 9.17) is 4.74 Å². The minimum Gasteiger partial charge on any atom is -0.434 e. The summed E-state index contributed by atoms with van der Waals surface area (Å²) in [5.74, 6) is 0.162. The summed E-state index contributed by atoms with van der Waals surface area (Å²) >= 11 is 0. The van der Waals surface area contributed by atoms with Crippen LogP contribution in [0.4, 0.5) is 10.5 Å². The van der Waals surface area contributed by atoms with Crippen molar-refractivity contribution in [1.82, 2.24) is 0 Å². The molecule has 0 aliphatic carbocycles. The molecular formula is C17H17NO4. The molecule has 2 aromatic rings. The molecule has 2 aromatic carbocycles. The van der Waals surface area contributed by atoms with Gasteiger partial charge in [-0.3, -0.25) is 4.79 Å². The predicted molar refractivity (Wildman–Crippen MR) is 83.2 cm³/mol. The number of amides is 1. The number of aryl methyl sites for hydroxylation is 1. The van der Waals surface area contributed by atoms with Crippen LogP contribution in [0.5, 0.6) is 5.75 Å². The van der Waals surface area contributed by atoms with Crippen LogP contribution in [0.3, 0.4) is 0 Å². The largest absolute Gasteiger partial charge is 0.513 e. The van der Waals surface area contributed by atoms with Gasteiger partial charge in [-0.05, 0) is 50.2 Å². The van der Waals surface area contributed by atoms with Crippen molar-refractivity contribution >= 4 is 17.7 Å². The van der Waals surface area contributed by atoms with E-state index in [0.717, 1.165) is 5.56 Å². The van der Waals surface area contributed by atoms with Crippen LogP contribution in [0.25, 0.3) is 0 Å². The Morgan fingerprint density at radius 1 is 1.09 bits per heavy atom. The third-order valence-corrected chi connectivity index (χ3v) is 2.86. The van der Waals surface area contributed by atoms with Crippen molar-refractivity contribution in [2.24, 2.45) is 0 Å². The van der Waals surface area contributed by atoms with Crippen LogP contribution in [-0.4, -0.2) is 18.7 Å². The number of anilines is 1. The van der Waals surface area contributed by atoms with Crippen LogP contribution < -0.4 is 10.1 Å². The Kier molecular flexibility index (Phi) is 5.14. The molecule has 2 rings (SSSR count). The molecule has 0 bridgehead atoms. The molecule has 0 radical (unpaired) electrons. The van der Waals surface area contributed by atoms with Gasteiger partial charge < -0.3 is 14.8 Å². The fraction of sp³-hybridized carbons (Fsp3) is 0.176. The van der Waals surface area contributed by atoms with Gasteiger partial charge in [0.2, 0.25) is 0 Å². The highest BCUT2D eigenvalue weighted by atomic mass is 16.7. The van der Waals surface area contributed by atoms with Crippen LogP contribution in [-0.2, 0) is 4.74 Å². The molecule has 0 aliphatic rings. The smallest absolute Gasteiger partial charge is 0.434 e. The van der Waals surface area contributed by atoms with Crippen LogP contribution in [0.2, 0.25) is 0 Å². The summed E-state index contributed by atoms with van der Waals surface area (Å²) in [5, 5.41) is 2.78. The maximum atomic E-state index is 12.1. The lowest BCUT2D eigenvalue weighted by molar-refractivity contribution is 0.102. The van der Waals surface area contributed by atoms with Gasteiger partial charge in [-0.1, -0.05) is 17.7 Å². The van der Waals surface area contributed by atoms with Crippen LogP contribution in [0.15, 0.2) is 48.5 Å². The zero-order chi connectivity index (χ0) is 15.9. The second-order valence-corrected chi connectivity index (χ2v) is 4.63. The Hall–Kier alpha value is -2.82. The molecule has 0 aliphatic heterocycles. The van der Waals surface area contributed by atoms with E-state index < -0.39 is 6.16 Å². The van der Waals surface area contributed by atoms with Crippen LogP contribution in [0, 0.1) is 6.92 Å². The molecule has 0 aromatic heterocycles. The van der Waals surface area contributed by atoms with E-state index in [1.54, 1.807) is 37.3 Å². The molecule has 1 amide bonds. The summed E-state index contributed by atoms with van der Waals surface area (Å²) in [6, 6.07) is 13.8. The van der Waals surface area contributed by atoms with Crippen molar-refractivity contribution < 1.29 is 19.1 Å². The highest BCUT2D eigenvalue weighted by Gasteiger charge is 2.07. The number of rotatable bonds is 4. The molecule has 5 heteroatoms. The monoisotopic (exact) mass is 299 g/mol. The van der Waals surface area contributed by atoms with E-state index >= 15 is 0 Å². The number of carbonyl (C=O) groups is 2. The van der Waals surface area contributed by atoms with Crippen molar-refractivity contribution in [3.05, 3.63) is 59.7 Å². The fourth-order valence-corrected chi connectivity index (χ4v) is 1.84. The summed E-state index contributed by atoms with van der Waals surface area (Å²) < 4.78 is 9.62. The Morgan fingerprint density at radius 3 is 2.45 bits per heavy atom. The van der Waals surface area contributed by atoms with E-state index in [1.807, 2.05) is 25.1 Å². The van der Waals surface area contributed by atoms with Crippen molar-refractivity contribution in [3.63, 3.8) is 0 Å². The van der Waals surface area contributed by atoms with E-state index in [0.29, 0.717) is 17.0 Å². The first-order valence-electron chi connectivity index (χ1n) is 6.91. The van der Waals surface area contributed by atoms with E-state index in [2.05, 4.69) is 10.1 Å². The van der Waals surface area contributed by atoms with Crippen molar-refractivity contribution in [2.75, 3.05) is 11.9 Å². The number of carbonyl (C=O) groups excluding carboxylic acids is 2. The van der Waals surface area contributed by atoms with Gasteiger partial charge in [0.05, 0.1) is 6.61 Å². The van der Waals surface area contributed by atoms with E-state index in [9.17, 15) is 9.59 Å². The maximum absolute atomic E-state index is 12.1. The third kappa shape index (κ3) is 4.34. The van der Waals surface area contributed by atoms with Gasteiger partial charge in [-0.2, -0.15) is 0 Å². The molecule has 22 heavy (non-hydrogen) atoms. The molecule has 0 saturated heterocycles. The van der Waals surface area contributed by atoms with Gasteiger partial charge in [0, 0.05) is 11.3 Å².